The molecule has 3 heteroatoms. The van der Waals surface area contributed by atoms with Crippen LogP contribution in [0.1, 0.15) is 45.4 Å². The molecule has 2 aliphatic carbocycles. The molecular formula is C14H28N2O. The molecule has 0 bridgehead atoms. The zero-order valence-electron chi connectivity index (χ0n) is 11.6. The Morgan fingerprint density at radius 3 is 2.71 bits per heavy atom. The fourth-order valence-corrected chi connectivity index (χ4v) is 2.87. The van der Waals surface area contributed by atoms with Crippen LogP contribution in [0, 0.1) is 0 Å². The fourth-order valence-electron chi connectivity index (χ4n) is 2.87. The molecule has 0 aromatic rings. The van der Waals surface area contributed by atoms with Crippen molar-refractivity contribution in [1.82, 2.24) is 10.2 Å². The van der Waals surface area contributed by atoms with Crippen LogP contribution in [-0.4, -0.2) is 49.8 Å². The highest BCUT2D eigenvalue weighted by Crippen LogP contribution is 2.27. The van der Waals surface area contributed by atoms with E-state index >= 15 is 0 Å². The van der Waals surface area contributed by atoms with Crippen LogP contribution in [0.2, 0.25) is 0 Å². The normalized spacial score (nSPS) is 31.8. The molecule has 17 heavy (non-hydrogen) atoms. The van der Waals surface area contributed by atoms with Crippen molar-refractivity contribution in [2.45, 2.75) is 69.7 Å². The predicted molar refractivity (Wildman–Crippen MR) is 71.3 cm³/mol. The van der Waals surface area contributed by atoms with Gasteiger partial charge in [0.2, 0.25) is 0 Å². The first-order valence-electron chi connectivity index (χ1n) is 7.18. The van der Waals surface area contributed by atoms with Crippen molar-refractivity contribution in [3.63, 3.8) is 0 Å². The molecule has 0 aromatic carbocycles. The minimum Gasteiger partial charge on any atom is -0.381 e. The number of hydrogen-bond acceptors (Lipinski definition) is 3. The van der Waals surface area contributed by atoms with E-state index in [-0.39, 0.29) is 0 Å². The van der Waals surface area contributed by atoms with Crippen LogP contribution in [0.4, 0.5) is 0 Å². The zero-order chi connectivity index (χ0) is 12.3. The molecule has 3 atom stereocenters. The third-order valence-corrected chi connectivity index (χ3v) is 4.48. The second kappa shape index (κ2) is 6.17. The number of likely N-dealkylation sites (N-methyl/N-ethyl adjacent to an activating group) is 1. The lowest BCUT2D eigenvalue weighted by atomic mass is 9.92. The van der Waals surface area contributed by atoms with E-state index in [4.69, 9.17) is 4.74 Å². The predicted octanol–water partition coefficient (Wildman–Crippen LogP) is 2.02. The Balaban J connectivity index is 1.66. The maximum absolute atomic E-state index is 5.47. The Labute approximate surface area is 106 Å². The van der Waals surface area contributed by atoms with Gasteiger partial charge in [0.15, 0.2) is 0 Å². The molecule has 3 unspecified atom stereocenters. The van der Waals surface area contributed by atoms with E-state index in [1.54, 1.807) is 0 Å². The highest BCUT2D eigenvalue weighted by Gasteiger charge is 2.29. The van der Waals surface area contributed by atoms with E-state index in [1.165, 1.54) is 38.5 Å². The summed E-state index contributed by atoms with van der Waals surface area (Å²) in [6, 6.07) is 2.19. The van der Waals surface area contributed by atoms with Gasteiger partial charge in [-0.15, -0.1) is 0 Å². The largest absolute Gasteiger partial charge is 0.381 e. The van der Waals surface area contributed by atoms with Gasteiger partial charge in [0, 0.05) is 31.8 Å². The topological polar surface area (TPSA) is 24.5 Å². The van der Waals surface area contributed by atoms with Crippen LogP contribution >= 0.6 is 0 Å². The van der Waals surface area contributed by atoms with E-state index in [0.717, 1.165) is 12.6 Å². The average Bonchev–Trinajstić information content (AvgIpc) is 3.19. The van der Waals surface area contributed by atoms with Crippen LogP contribution in [0.5, 0.6) is 0 Å². The van der Waals surface area contributed by atoms with Gasteiger partial charge >= 0.3 is 0 Å². The van der Waals surface area contributed by atoms with Gasteiger partial charge in [0.1, 0.15) is 0 Å². The molecule has 2 fully saturated rings. The lowest BCUT2D eigenvalue weighted by Crippen LogP contribution is -2.44. The number of nitrogens with one attached hydrogen (secondary N) is 1. The van der Waals surface area contributed by atoms with E-state index in [9.17, 15) is 0 Å². The zero-order valence-corrected chi connectivity index (χ0v) is 11.6. The maximum atomic E-state index is 5.47. The van der Waals surface area contributed by atoms with Gasteiger partial charge in [-0.05, 0) is 52.5 Å². The van der Waals surface area contributed by atoms with Crippen molar-refractivity contribution in [2.24, 2.45) is 0 Å². The quantitative estimate of drug-likeness (QED) is 0.769. The minimum absolute atomic E-state index is 0.484. The van der Waals surface area contributed by atoms with Crippen molar-refractivity contribution in [3.05, 3.63) is 0 Å². The van der Waals surface area contributed by atoms with Crippen LogP contribution in [0.3, 0.4) is 0 Å². The van der Waals surface area contributed by atoms with Gasteiger partial charge in [0.05, 0.1) is 6.10 Å². The molecule has 1 N–H and O–H groups in total. The van der Waals surface area contributed by atoms with Crippen LogP contribution < -0.4 is 5.32 Å². The standard InChI is InChI=1S/C14H28N2O/c1-11(16(2)13-7-8-13)10-15-12-5-4-6-14(9-12)17-3/h11-15H,4-10H2,1-3H3. The summed E-state index contributed by atoms with van der Waals surface area (Å²) < 4.78 is 5.47. The summed E-state index contributed by atoms with van der Waals surface area (Å²) in [6.45, 7) is 3.45. The SMILES string of the molecule is COC1CCCC(NCC(C)N(C)C2CC2)C1. The second-order valence-electron chi connectivity index (χ2n) is 5.88. The molecule has 3 nitrogen and oxygen atoms in total. The summed E-state index contributed by atoms with van der Waals surface area (Å²) in [4.78, 5) is 2.53. The van der Waals surface area contributed by atoms with Crippen LogP contribution in [0.25, 0.3) is 0 Å². The van der Waals surface area contributed by atoms with Gasteiger partial charge in [-0.2, -0.15) is 0 Å². The highest BCUT2D eigenvalue weighted by atomic mass is 16.5. The molecule has 2 rings (SSSR count). The third kappa shape index (κ3) is 3.94. The Morgan fingerprint density at radius 2 is 2.06 bits per heavy atom. The van der Waals surface area contributed by atoms with Gasteiger partial charge in [-0.25, -0.2) is 0 Å². The number of methoxy groups -OCH3 is 1. The molecule has 2 saturated carbocycles. The summed E-state index contributed by atoms with van der Waals surface area (Å²) >= 11 is 0. The highest BCUT2D eigenvalue weighted by molar-refractivity contribution is 4.87. The van der Waals surface area contributed by atoms with Crippen molar-refractivity contribution in [2.75, 3.05) is 20.7 Å². The smallest absolute Gasteiger partial charge is 0.0586 e. The monoisotopic (exact) mass is 240 g/mol. The summed E-state index contributed by atoms with van der Waals surface area (Å²) in [6.07, 6.45) is 8.34. The van der Waals surface area contributed by atoms with Crippen molar-refractivity contribution >= 4 is 0 Å². The van der Waals surface area contributed by atoms with E-state index in [2.05, 4.69) is 24.2 Å². The average molecular weight is 240 g/mol. The fraction of sp³-hybridized carbons (Fsp3) is 1.00. The minimum atomic E-state index is 0.484. The summed E-state index contributed by atoms with van der Waals surface area (Å²) in [5, 5.41) is 3.73. The van der Waals surface area contributed by atoms with Gasteiger partial charge in [-0.3, -0.25) is 4.90 Å². The second-order valence-corrected chi connectivity index (χ2v) is 5.88. The molecule has 0 saturated heterocycles. The van der Waals surface area contributed by atoms with Crippen molar-refractivity contribution in [3.8, 4) is 0 Å². The summed E-state index contributed by atoms with van der Waals surface area (Å²) in [5.74, 6) is 0. The van der Waals surface area contributed by atoms with Crippen molar-refractivity contribution in [1.29, 1.82) is 0 Å². The number of ether oxygens (including phenoxy) is 1. The van der Waals surface area contributed by atoms with E-state index < -0.39 is 0 Å². The first-order valence-corrected chi connectivity index (χ1v) is 7.18. The lowest BCUT2D eigenvalue weighted by Gasteiger charge is -2.31. The van der Waals surface area contributed by atoms with Gasteiger partial charge in [-0.1, -0.05) is 0 Å². The molecule has 0 spiro atoms. The van der Waals surface area contributed by atoms with E-state index in [0.29, 0.717) is 18.2 Å². The van der Waals surface area contributed by atoms with Gasteiger partial charge in [0.25, 0.3) is 0 Å². The lowest BCUT2D eigenvalue weighted by molar-refractivity contribution is 0.0576. The Morgan fingerprint density at radius 1 is 1.29 bits per heavy atom. The van der Waals surface area contributed by atoms with Gasteiger partial charge < -0.3 is 10.1 Å². The molecule has 0 aliphatic heterocycles. The van der Waals surface area contributed by atoms with Crippen LogP contribution in [-0.2, 0) is 4.74 Å². The first-order chi connectivity index (χ1) is 8.20. The molecule has 2 aliphatic rings. The Bertz CT molecular complexity index is 230. The maximum Gasteiger partial charge on any atom is 0.0586 e. The molecule has 0 radical (unpaired) electrons. The molecule has 0 amide bonds. The number of hydrogen-bond donors (Lipinski definition) is 1. The number of nitrogens with zero attached hydrogens (tertiary/aromatic N) is 1. The summed E-state index contributed by atoms with van der Waals surface area (Å²) in [7, 11) is 4.11. The number of rotatable bonds is 6. The van der Waals surface area contributed by atoms with Crippen molar-refractivity contribution < 1.29 is 4.74 Å². The van der Waals surface area contributed by atoms with Crippen LogP contribution in [0.15, 0.2) is 0 Å². The summed E-state index contributed by atoms with van der Waals surface area (Å²) in [5.41, 5.74) is 0. The molecular weight excluding hydrogens is 212 g/mol. The Hall–Kier alpha value is -0.120. The molecule has 0 heterocycles. The molecule has 0 aromatic heterocycles. The van der Waals surface area contributed by atoms with E-state index in [1.807, 2.05) is 7.11 Å². The first kappa shape index (κ1) is 13.3. The Kier molecular flexibility index (Phi) is 4.83. The molecule has 100 valence electrons. The third-order valence-electron chi connectivity index (χ3n) is 4.48.